The molecule has 2 rings (SSSR count). The summed E-state index contributed by atoms with van der Waals surface area (Å²) < 4.78 is 5.35. The maximum absolute atomic E-state index is 12.2. The Morgan fingerprint density at radius 1 is 1.27 bits per heavy atom. The van der Waals surface area contributed by atoms with Gasteiger partial charge in [0.15, 0.2) is 0 Å². The molecule has 1 fully saturated rings. The number of carbonyl (C=O) groups is 2. The van der Waals surface area contributed by atoms with E-state index in [2.05, 4.69) is 6.92 Å². The summed E-state index contributed by atoms with van der Waals surface area (Å²) in [6.45, 7) is 3.36. The van der Waals surface area contributed by atoms with Gasteiger partial charge in [-0.25, -0.2) is 0 Å². The summed E-state index contributed by atoms with van der Waals surface area (Å²) in [6.07, 6.45) is 1.95. The molecule has 0 radical (unpaired) electrons. The van der Waals surface area contributed by atoms with Gasteiger partial charge in [0.1, 0.15) is 6.61 Å². The van der Waals surface area contributed by atoms with Crippen LogP contribution in [-0.4, -0.2) is 48.2 Å². The molecule has 0 bridgehead atoms. The van der Waals surface area contributed by atoms with Crippen molar-refractivity contribution in [3.8, 4) is 0 Å². The molecule has 2 atom stereocenters. The van der Waals surface area contributed by atoms with Crippen LogP contribution in [0.2, 0.25) is 0 Å². The van der Waals surface area contributed by atoms with Gasteiger partial charge in [0.25, 0.3) is 0 Å². The van der Waals surface area contributed by atoms with Gasteiger partial charge in [-0.2, -0.15) is 0 Å². The zero-order valence-electron chi connectivity index (χ0n) is 12.9. The summed E-state index contributed by atoms with van der Waals surface area (Å²) in [5.41, 5.74) is 0.970. The quantitative estimate of drug-likeness (QED) is 0.784. The first-order valence-corrected chi connectivity index (χ1v) is 7.76. The Labute approximate surface area is 130 Å². The summed E-state index contributed by atoms with van der Waals surface area (Å²) in [5.74, 6) is -1.68. The molecular weight excluding hydrogens is 282 g/mol. The lowest BCUT2D eigenvalue weighted by atomic mass is 9.89. The molecule has 120 valence electrons. The van der Waals surface area contributed by atoms with Crippen LogP contribution in [0.25, 0.3) is 0 Å². The van der Waals surface area contributed by atoms with Gasteiger partial charge < -0.3 is 14.7 Å². The second kappa shape index (κ2) is 7.94. The number of carboxylic acid groups (broad SMARTS) is 1. The molecular formula is C17H23NO4. The smallest absolute Gasteiger partial charge is 0.308 e. The number of unbranched alkanes of at least 4 members (excludes halogenated alkanes) is 1. The monoisotopic (exact) mass is 305 g/mol. The van der Waals surface area contributed by atoms with E-state index in [9.17, 15) is 14.7 Å². The standard InChI is InChI=1S/C17H23NO4/c1-2-3-9-22-12-16(19)18-10-14(15(11-18)17(20)21)13-7-5-4-6-8-13/h4-8,14-15H,2-3,9-12H2,1H3,(H,20,21). The van der Waals surface area contributed by atoms with Gasteiger partial charge in [0.2, 0.25) is 5.91 Å². The largest absolute Gasteiger partial charge is 0.481 e. The van der Waals surface area contributed by atoms with Crippen molar-refractivity contribution in [2.24, 2.45) is 5.92 Å². The minimum Gasteiger partial charge on any atom is -0.481 e. The van der Waals surface area contributed by atoms with Crippen LogP contribution in [0.4, 0.5) is 0 Å². The van der Waals surface area contributed by atoms with E-state index in [4.69, 9.17) is 4.74 Å². The van der Waals surface area contributed by atoms with Crippen molar-refractivity contribution in [3.05, 3.63) is 35.9 Å². The zero-order valence-corrected chi connectivity index (χ0v) is 12.9. The molecule has 5 nitrogen and oxygen atoms in total. The lowest BCUT2D eigenvalue weighted by Crippen LogP contribution is -2.33. The van der Waals surface area contributed by atoms with Gasteiger partial charge in [-0.3, -0.25) is 9.59 Å². The summed E-state index contributed by atoms with van der Waals surface area (Å²) in [6, 6.07) is 9.54. The number of hydrogen-bond donors (Lipinski definition) is 1. The molecule has 1 aliphatic rings. The van der Waals surface area contributed by atoms with Crippen LogP contribution >= 0.6 is 0 Å². The van der Waals surface area contributed by atoms with Crippen LogP contribution < -0.4 is 0 Å². The van der Waals surface area contributed by atoms with E-state index in [0.29, 0.717) is 13.2 Å². The highest BCUT2D eigenvalue weighted by Gasteiger charge is 2.40. The molecule has 5 heteroatoms. The molecule has 2 unspecified atom stereocenters. The Balaban J connectivity index is 1.98. The fourth-order valence-electron chi connectivity index (χ4n) is 2.79. The van der Waals surface area contributed by atoms with Gasteiger partial charge in [-0.15, -0.1) is 0 Å². The molecule has 1 saturated heterocycles. The van der Waals surface area contributed by atoms with Crippen molar-refractivity contribution in [2.75, 3.05) is 26.3 Å². The Bertz CT molecular complexity index is 503. The number of hydrogen-bond acceptors (Lipinski definition) is 3. The van der Waals surface area contributed by atoms with Crippen LogP contribution in [0.1, 0.15) is 31.2 Å². The van der Waals surface area contributed by atoms with Crippen molar-refractivity contribution in [3.63, 3.8) is 0 Å². The van der Waals surface area contributed by atoms with E-state index in [-0.39, 0.29) is 25.0 Å². The first-order chi connectivity index (χ1) is 10.6. The predicted octanol–water partition coefficient (Wildman–Crippen LogP) is 2.13. The lowest BCUT2D eigenvalue weighted by Gasteiger charge is -2.16. The average molecular weight is 305 g/mol. The highest BCUT2D eigenvalue weighted by molar-refractivity contribution is 5.80. The van der Waals surface area contributed by atoms with Crippen molar-refractivity contribution < 1.29 is 19.4 Å². The minimum atomic E-state index is -0.851. The van der Waals surface area contributed by atoms with Crippen LogP contribution in [-0.2, 0) is 14.3 Å². The Hall–Kier alpha value is -1.88. The summed E-state index contributed by atoms with van der Waals surface area (Å²) in [5, 5.41) is 9.42. The van der Waals surface area contributed by atoms with Gasteiger partial charge >= 0.3 is 5.97 Å². The molecule has 1 aromatic rings. The van der Waals surface area contributed by atoms with Crippen molar-refractivity contribution in [1.29, 1.82) is 0 Å². The number of amides is 1. The molecule has 1 N–H and O–H groups in total. The third kappa shape index (κ3) is 4.07. The number of rotatable bonds is 7. The number of likely N-dealkylation sites (tertiary alicyclic amines) is 1. The van der Waals surface area contributed by atoms with E-state index < -0.39 is 11.9 Å². The normalized spacial score (nSPS) is 21.0. The topological polar surface area (TPSA) is 66.8 Å². The van der Waals surface area contributed by atoms with E-state index in [1.54, 1.807) is 4.90 Å². The van der Waals surface area contributed by atoms with Crippen molar-refractivity contribution in [2.45, 2.75) is 25.7 Å². The number of ether oxygens (including phenoxy) is 1. The third-order valence-electron chi connectivity index (χ3n) is 4.09. The van der Waals surface area contributed by atoms with E-state index >= 15 is 0 Å². The molecule has 0 saturated carbocycles. The molecule has 0 aliphatic carbocycles. The molecule has 1 heterocycles. The molecule has 22 heavy (non-hydrogen) atoms. The highest BCUT2D eigenvalue weighted by atomic mass is 16.5. The molecule has 1 aliphatic heterocycles. The summed E-state index contributed by atoms with van der Waals surface area (Å²) in [7, 11) is 0. The van der Waals surface area contributed by atoms with Gasteiger partial charge in [-0.05, 0) is 12.0 Å². The van der Waals surface area contributed by atoms with Crippen molar-refractivity contribution in [1.82, 2.24) is 4.90 Å². The van der Waals surface area contributed by atoms with E-state index in [1.807, 2.05) is 30.3 Å². The van der Waals surface area contributed by atoms with Crippen LogP contribution in [0.3, 0.4) is 0 Å². The summed E-state index contributed by atoms with van der Waals surface area (Å²) >= 11 is 0. The zero-order chi connectivity index (χ0) is 15.9. The van der Waals surface area contributed by atoms with Crippen LogP contribution in [0, 0.1) is 5.92 Å². The predicted molar refractivity (Wildman–Crippen MR) is 82.6 cm³/mol. The molecule has 1 amide bonds. The fourth-order valence-corrected chi connectivity index (χ4v) is 2.79. The van der Waals surface area contributed by atoms with Gasteiger partial charge in [0.05, 0.1) is 5.92 Å². The van der Waals surface area contributed by atoms with E-state index in [0.717, 1.165) is 18.4 Å². The number of carboxylic acids is 1. The van der Waals surface area contributed by atoms with Crippen molar-refractivity contribution >= 4 is 11.9 Å². The number of nitrogens with zero attached hydrogens (tertiary/aromatic N) is 1. The Morgan fingerprint density at radius 2 is 2.00 bits per heavy atom. The number of carbonyl (C=O) groups excluding carboxylic acids is 1. The van der Waals surface area contributed by atoms with E-state index in [1.165, 1.54) is 0 Å². The third-order valence-corrected chi connectivity index (χ3v) is 4.09. The second-order valence-electron chi connectivity index (χ2n) is 5.67. The van der Waals surface area contributed by atoms with Crippen LogP contribution in [0.5, 0.6) is 0 Å². The lowest BCUT2D eigenvalue weighted by molar-refractivity contribution is -0.142. The molecule has 0 spiro atoms. The Kier molecular flexibility index (Phi) is 5.95. The average Bonchev–Trinajstić information content (AvgIpc) is 2.98. The first-order valence-electron chi connectivity index (χ1n) is 7.76. The highest BCUT2D eigenvalue weighted by Crippen LogP contribution is 2.32. The fraction of sp³-hybridized carbons (Fsp3) is 0.529. The molecule has 0 aromatic heterocycles. The SMILES string of the molecule is CCCCOCC(=O)N1CC(C(=O)O)C(c2ccccc2)C1. The maximum atomic E-state index is 12.2. The van der Waals surface area contributed by atoms with Gasteiger partial charge in [0, 0.05) is 25.6 Å². The second-order valence-corrected chi connectivity index (χ2v) is 5.67. The number of aliphatic carboxylic acids is 1. The molecule has 1 aromatic carbocycles. The van der Waals surface area contributed by atoms with Crippen LogP contribution in [0.15, 0.2) is 30.3 Å². The minimum absolute atomic E-state index is 0.0356. The number of benzene rings is 1. The first kappa shape index (κ1) is 16.5. The maximum Gasteiger partial charge on any atom is 0.308 e. The summed E-state index contributed by atoms with van der Waals surface area (Å²) in [4.78, 5) is 25.3. The van der Waals surface area contributed by atoms with Gasteiger partial charge in [-0.1, -0.05) is 43.7 Å². The Morgan fingerprint density at radius 3 is 2.64 bits per heavy atom.